The molecule has 1 amide bonds. The van der Waals surface area contributed by atoms with Gasteiger partial charge in [-0.2, -0.15) is 0 Å². The van der Waals surface area contributed by atoms with E-state index in [1.165, 1.54) is 6.92 Å². The highest BCUT2D eigenvalue weighted by atomic mass is 32.1. The van der Waals surface area contributed by atoms with Crippen LogP contribution in [-0.4, -0.2) is 23.0 Å². The van der Waals surface area contributed by atoms with Gasteiger partial charge < -0.3 is 10.1 Å². The number of anilines is 1. The monoisotopic (exact) mass is 402 g/mol. The molecule has 0 aliphatic carbocycles. The zero-order chi connectivity index (χ0) is 20.3. The van der Waals surface area contributed by atoms with Crippen LogP contribution in [0.4, 0.5) is 14.5 Å². The number of aryl methyl sites for hydroxylation is 1. The van der Waals surface area contributed by atoms with Gasteiger partial charge in [-0.15, -0.1) is 11.3 Å². The molecule has 2 aromatic carbocycles. The van der Waals surface area contributed by atoms with Gasteiger partial charge in [-0.25, -0.2) is 18.6 Å². The lowest BCUT2D eigenvalue weighted by molar-refractivity contribution is -0.123. The summed E-state index contributed by atoms with van der Waals surface area (Å²) in [5.41, 5.74) is 1.02. The third-order valence-electron chi connectivity index (χ3n) is 3.84. The van der Waals surface area contributed by atoms with Crippen LogP contribution in [0.1, 0.15) is 22.3 Å². The molecule has 3 aromatic rings. The number of thiazole rings is 1. The Hall–Kier alpha value is -3.13. The summed E-state index contributed by atoms with van der Waals surface area (Å²) in [6.45, 7) is 3.02. The first-order chi connectivity index (χ1) is 13.3. The number of amides is 1. The molecule has 0 saturated carbocycles. The van der Waals surface area contributed by atoms with Crippen molar-refractivity contribution in [2.75, 3.05) is 5.32 Å². The zero-order valence-corrected chi connectivity index (χ0v) is 15.8. The van der Waals surface area contributed by atoms with Gasteiger partial charge in [0.1, 0.15) is 21.5 Å². The number of nitrogens with zero attached hydrogens (tertiary/aromatic N) is 1. The van der Waals surface area contributed by atoms with E-state index in [1.54, 1.807) is 6.92 Å². The lowest BCUT2D eigenvalue weighted by atomic mass is 10.2. The Labute approximate surface area is 164 Å². The van der Waals surface area contributed by atoms with Crippen LogP contribution >= 0.6 is 11.3 Å². The number of esters is 1. The molecule has 144 valence electrons. The van der Waals surface area contributed by atoms with Crippen molar-refractivity contribution in [1.29, 1.82) is 0 Å². The number of hydrogen-bond donors (Lipinski definition) is 1. The Kier molecular flexibility index (Phi) is 5.79. The van der Waals surface area contributed by atoms with Gasteiger partial charge in [0, 0.05) is 11.6 Å². The van der Waals surface area contributed by atoms with Gasteiger partial charge in [0.15, 0.2) is 6.10 Å². The molecule has 0 unspecified atom stereocenters. The fraction of sp³-hybridized carbons (Fsp3) is 0.150. The highest BCUT2D eigenvalue weighted by molar-refractivity contribution is 7.17. The van der Waals surface area contributed by atoms with Gasteiger partial charge >= 0.3 is 5.97 Å². The van der Waals surface area contributed by atoms with E-state index in [2.05, 4.69) is 10.3 Å². The van der Waals surface area contributed by atoms with Gasteiger partial charge in [0.2, 0.25) is 0 Å². The Balaban J connectivity index is 1.69. The summed E-state index contributed by atoms with van der Waals surface area (Å²) in [6.07, 6.45) is -1.21. The Morgan fingerprint density at radius 2 is 1.86 bits per heavy atom. The van der Waals surface area contributed by atoms with Crippen molar-refractivity contribution < 1.29 is 23.1 Å². The topological polar surface area (TPSA) is 68.3 Å². The van der Waals surface area contributed by atoms with Crippen LogP contribution in [0.2, 0.25) is 0 Å². The maximum absolute atomic E-state index is 13.6. The lowest BCUT2D eigenvalue weighted by Gasteiger charge is -2.13. The molecule has 0 fully saturated rings. The minimum absolute atomic E-state index is 0.274. The largest absolute Gasteiger partial charge is 0.448 e. The molecule has 0 radical (unpaired) electrons. The van der Waals surface area contributed by atoms with Crippen molar-refractivity contribution in [3.05, 3.63) is 70.7 Å². The number of hydrogen-bond acceptors (Lipinski definition) is 5. The van der Waals surface area contributed by atoms with Gasteiger partial charge in [0.25, 0.3) is 5.91 Å². The van der Waals surface area contributed by atoms with E-state index >= 15 is 0 Å². The summed E-state index contributed by atoms with van der Waals surface area (Å²) in [4.78, 5) is 29.2. The molecule has 0 bridgehead atoms. The molecule has 0 aliphatic heterocycles. The number of carbonyl (C=O) groups excluding carboxylic acids is 2. The summed E-state index contributed by atoms with van der Waals surface area (Å²) in [5, 5.41) is 2.87. The van der Waals surface area contributed by atoms with Gasteiger partial charge in [-0.05, 0) is 26.0 Å². The first-order valence-corrected chi connectivity index (χ1v) is 9.16. The molecular weight excluding hydrogens is 386 g/mol. The molecule has 1 N–H and O–H groups in total. The van der Waals surface area contributed by atoms with Crippen LogP contribution in [-0.2, 0) is 9.53 Å². The van der Waals surface area contributed by atoms with Crippen molar-refractivity contribution in [3.63, 3.8) is 0 Å². The summed E-state index contributed by atoms with van der Waals surface area (Å²) >= 11 is 1.16. The second-order valence-electron chi connectivity index (χ2n) is 5.96. The highest BCUT2D eigenvalue weighted by Gasteiger charge is 2.24. The minimum Gasteiger partial charge on any atom is -0.448 e. The molecule has 0 saturated heterocycles. The van der Waals surface area contributed by atoms with Gasteiger partial charge in [-0.1, -0.05) is 30.3 Å². The van der Waals surface area contributed by atoms with E-state index < -0.39 is 29.6 Å². The van der Waals surface area contributed by atoms with E-state index in [0.29, 0.717) is 10.7 Å². The molecule has 5 nitrogen and oxygen atoms in total. The smallest absolute Gasteiger partial charge is 0.351 e. The maximum atomic E-state index is 13.6. The molecule has 8 heteroatoms. The average molecular weight is 402 g/mol. The Morgan fingerprint density at radius 1 is 1.14 bits per heavy atom. The third kappa shape index (κ3) is 4.40. The van der Waals surface area contributed by atoms with Crippen molar-refractivity contribution in [3.8, 4) is 10.6 Å². The van der Waals surface area contributed by atoms with Crippen LogP contribution in [0.15, 0.2) is 48.5 Å². The van der Waals surface area contributed by atoms with Crippen LogP contribution in [0, 0.1) is 18.6 Å². The summed E-state index contributed by atoms with van der Waals surface area (Å²) in [5.74, 6) is -2.97. The standard InChI is InChI=1S/C20H16F2N2O3S/c1-11-17(28-19(23-11)13-6-4-3-5-7-13)20(26)27-12(2)18(25)24-16-10-14(21)8-9-15(16)22/h3-10,12H,1-2H3,(H,24,25)/t12-/m0/s1. The number of aromatic nitrogens is 1. The number of benzene rings is 2. The van der Waals surface area contributed by atoms with Crippen molar-refractivity contribution in [2.24, 2.45) is 0 Å². The summed E-state index contributed by atoms with van der Waals surface area (Å²) < 4.78 is 32.0. The first kappa shape index (κ1) is 19.6. The SMILES string of the molecule is Cc1nc(-c2ccccc2)sc1C(=O)O[C@@H](C)C(=O)Nc1cc(F)ccc1F. The van der Waals surface area contributed by atoms with E-state index in [1.807, 2.05) is 30.3 Å². The predicted molar refractivity (Wildman–Crippen MR) is 102 cm³/mol. The number of ether oxygens (including phenoxy) is 1. The van der Waals surface area contributed by atoms with Crippen LogP contribution in [0.3, 0.4) is 0 Å². The Morgan fingerprint density at radius 3 is 2.57 bits per heavy atom. The fourth-order valence-electron chi connectivity index (χ4n) is 2.39. The highest BCUT2D eigenvalue weighted by Crippen LogP contribution is 2.28. The predicted octanol–water partition coefficient (Wildman–Crippen LogP) is 4.58. The van der Waals surface area contributed by atoms with Crippen LogP contribution in [0.5, 0.6) is 0 Å². The third-order valence-corrected chi connectivity index (χ3v) is 5.03. The number of halogens is 2. The second kappa shape index (κ2) is 8.26. The molecule has 1 aromatic heterocycles. The maximum Gasteiger partial charge on any atom is 0.351 e. The van der Waals surface area contributed by atoms with Crippen molar-refractivity contribution >= 4 is 28.9 Å². The second-order valence-corrected chi connectivity index (χ2v) is 6.96. The normalized spacial score (nSPS) is 11.7. The lowest BCUT2D eigenvalue weighted by Crippen LogP contribution is -2.30. The van der Waals surface area contributed by atoms with Crippen LogP contribution in [0.25, 0.3) is 10.6 Å². The number of carbonyl (C=O) groups is 2. The number of rotatable bonds is 5. The van der Waals surface area contributed by atoms with E-state index in [0.717, 1.165) is 35.1 Å². The summed E-state index contributed by atoms with van der Waals surface area (Å²) in [6, 6.07) is 12.0. The molecular formula is C20H16F2N2O3S. The number of nitrogens with one attached hydrogen (secondary N) is 1. The molecule has 28 heavy (non-hydrogen) atoms. The molecule has 3 rings (SSSR count). The Bertz CT molecular complexity index is 1020. The quantitative estimate of drug-likeness (QED) is 0.635. The van der Waals surface area contributed by atoms with Gasteiger partial charge in [-0.3, -0.25) is 4.79 Å². The average Bonchev–Trinajstić information content (AvgIpc) is 3.07. The van der Waals surface area contributed by atoms with Crippen LogP contribution < -0.4 is 5.32 Å². The van der Waals surface area contributed by atoms with E-state index in [-0.39, 0.29) is 10.6 Å². The summed E-state index contributed by atoms with van der Waals surface area (Å²) in [7, 11) is 0. The van der Waals surface area contributed by atoms with Gasteiger partial charge in [0.05, 0.1) is 11.4 Å². The molecule has 1 heterocycles. The first-order valence-electron chi connectivity index (χ1n) is 8.35. The zero-order valence-electron chi connectivity index (χ0n) is 15.0. The minimum atomic E-state index is -1.21. The van der Waals surface area contributed by atoms with Crippen molar-refractivity contribution in [2.45, 2.75) is 20.0 Å². The molecule has 1 atom stereocenters. The molecule has 0 aliphatic rings. The fourth-order valence-corrected chi connectivity index (χ4v) is 3.34. The van der Waals surface area contributed by atoms with E-state index in [4.69, 9.17) is 4.74 Å². The van der Waals surface area contributed by atoms with Crippen molar-refractivity contribution in [1.82, 2.24) is 4.98 Å². The molecule has 0 spiro atoms. The van der Waals surface area contributed by atoms with E-state index in [9.17, 15) is 18.4 Å².